The molecule has 0 aliphatic heterocycles. The van der Waals surface area contributed by atoms with Crippen molar-refractivity contribution in [1.82, 2.24) is 14.5 Å². The SMILES string of the molecule is CCn1ccc(=O)n(CCNC(C)C(C)C)c1=O. The molecule has 1 aromatic heterocycles. The van der Waals surface area contributed by atoms with E-state index in [1.165, 1.54) is 15.2 Å². The quantitative estimate of drug-likeness (QED) is 0.810. The van der Waals surface area contributed by atoms with E-state index in [-0.39, 0.29) is 11.2 Å². The van der Waals surface area contributed by atoms with Crippen LogP contribution in [0, 0.1) is 5.92 Å². The molecule has 5 heteroatoms. The fraction of sp³-hybridized carbons (Fsp3) is 0.692. The third-order valence-electron chi connectivity index (χ3n) is 3.28. The van der Waals surface area contributed by atoms with Crippen molar-refractivity contribution in [3.8, 4) is 0 Å². The molecule has 1 heterocycles. The van der Waals surface area contributed by atoms with Gasteiger partial charge in [0.1, 0.15) is 0 Å². The van der Waals surface area contributed by atoms with E-state index in [9.17, 15) is 9.59 Å². The third-order valence-corrected chi connectivity index (χ3v) is 3.28. The number of aromatic nitrogens is 2. The second kappa shape index (κ2) is 6.54. The van der Waals surface area contributed by atoms with Crippen molar-refractivity contribution in [3.05, 3.63) is 33.1 Å². The van der Waals surface area contributed by atoms with Crippen molar-refractivity contribution < 1.29 is 0 Å². The largest absolute Gasteiger partial charge is 0.330 e. The Labute approximate surface area is 107 Å². The minimum absolute atomic E-state index is 0.232. The lowest BCUT2D eigenvalue weighted by Crippen LogP contribution is -2.42. The molecule has 0 amide bonds. The molecule has 0 aliphatic rings. The molecule has 0 radical (unpaired) electrons. The maximum Gasteiger partial charge on any atom is 0.330 e. The normalized spacial score (nSPS) is 12.9. The standard InChI is InChI=1S/C13H23N3O2/c1-5-15-8-6-12(17)16(13(15)18)9-7-14-11(4)10(2)3/h6,8,10-11,14H,5,7,9H2,1-4H3. The summed E-state index contributed by atoms with van der Waals surface area (Å²) in [5, 5.41) is 3.31. The van der Waals surface area contributed by atoms with Crippen LogP contribution >= 0.6 is 0 Å². The maximum absolute atomic E-state index is 11.9. The van der Waals surface area contributed by atoms with Crippen LogP contribution in [-0.2, 0) is 13.1 Å². The second-order valence-electron chi connectivity index (χ2n) is 4.86. The summed E-state index contributed by atoms with van der Waals surface area (Å²) < 4.78 is 2.82. The summed E-state index contributed by atoms with van der Waals surface area (Å²) in [6.45, 7) is 9.87. The lowest BCUT2D eigenvalue weighted by atomic mass is 10.1. The monoisotopic (exact) mass is 253 g/mol. The van der Waals surface area contributed by atoms with Crippen molar-refractivity contribution in [2.45, 2.75) is 46.8 Å². The van der Waals surface area contributed by atoms with Crippen LogP contribution in [0.2, 0.25) is 0 Å². The van der Waals surface area contributed by atoms with Gasteiger partial charge in [-0.2, -0.15) is 0 Å². The van der Waals surface area contributed by atoms with Gasteiger partial charge in [-0.1, -0.05) is 13.8 Å². The minimum Gasteiger partial charge on any atom is -0.312 e. The van der Waals surface area contributed by atoms with Gasteiger partial charge in [0, 0.05) is 37.9 Å². The molecular formula is C13H23N3O2. The zero-order chi connectivity index (χ0) is 13.7. The predicted molar refractivity (Wildman–Crippen MR) is 72.9 cm³/mol. The van der Waals surface area contributed by atoms with Crippen molar-refractivity contribution in [3.63, 3.8) is 0 Å². The fourth-order valence-electron chi connectivity index (χ4n) is 1.64. The highest BCUT2D eigenvalue weighted by atomic mass is 16.2. The number of nitrogens with zero attached hydrogens (tertiary/aromatic N) is 2. The molecule has 1 N–H and O–H groups in total. The van der Waals surface area contributed by atoms with E-state index in [1.54, 1.807) is 6.20 Å². The first-order valence-corrected chi connectivity index (χ1v) is 6.51. The highest BCUT2D eigenvalue weighted by Crippen LogP contribution is 1.98. The molecule has 18 heavy (non-hydrogen) atoms. The van der Waals surface area contributed by atoms with Gasteiger partial charge in [0.25, 0.3) is 5.56 Å². The zero-order valence-corrected chi connectivity index (χ0v) is 11.6. The van der Waals surface area contributed by atoms with Gasteiger partial charge in [0.05, 0.1) is 0 Å². The third kappa shape index (κ3) is 3.57. The van der Waals surface area contributed by atoms with E-state index >= 15 is 0 Å². The zero-order valence-electron chi connectivity index (χ0n) is 11.6. The van der Waals surface area contributed by atoms with E-state index in [2.05, 4.69) is 26.1 Å². The smallest absolute Gasteiger partial charge is 0.312 e. The average Bonchev–Trinajstić information content (AvgIpc) is 2.33. The lowest BCUT2D eigenvalue weighted by molar-refractivity contribution is 0.409. The van der Waals surface area contributed by atoms with Gasteiger partial charge in [0.15, 0.2) is 0 Å². The first-order valence-electron chi connectivity index (χ1n) is 6.51. The minimum atomic E-state index is -0.233. The molecule has 0 aliphatic carbocycles. The Morgan fingerprint density at radius 1 is 1.28 bits per heavy atom. The van der Waals surface area contributed by atoms with Crippen LogP contribution in [0.5, 0.6) is 0 Å². The lowest BCUT2D eigenvalue weighted by Gasteiger charge is -2.17. The number of nitrogens with one attached hydrogen (secondary N) is 1. The van der Waals surface area contributed by atoms with E-state index in [0.29, 0.717) is 31.6 Å². The Bertz CT molecular complexity index is 488. The molecule has 0 bridgehead atoms. The van der Waals surface area contributed by atoms with Crippen LogP contribution in [0.1, 0.15) is 27.7 Å². The van der Waals surface area contributed by atoms with Gasteiger partial charge >= 0.3 is 5.69 Å². The molecular weight excluding hydrogens is 230 g/mol. The highest BCUT2D eigenvalue weighted by Gasteiger charge is 2.07. The Hall–Kier alpha value is -1.36. The molecule has 1 unspecified atom stereocenters. The Balaban J connectivity index is 2.74. The second-order valence-corrected chi connectivity index (χ2v) is 4.86. The van der Waals surface area contributed by atoms with Crippen LogP contribution < -0.4 is 16.6 Å². The van der Waals surface area contributed by atoms with Crippen LogP contribution in [0.15, 0.2) is 21.9 Å². The molecule has 1 rings (SSSR count). The summed E-state index contributed by atoms with van der Waals surface area (Å²) in [7, 11) is 0. The Morgan fingerprint density at radius 2 is 1.94 bits per heavy atom. The summed E-state index contributed by atoms with van der Waals surface area (Å²) in [4.78, 5) is 23.6. The summed E-state index contributed by atoms with van der Waals surface area (Å²) in [6, 6.07) is 1.81. The number of aryl methyl sites for hydroxylation is 1. The Morgan fingerprint density at radius 3 is 2.50 bits per heavy atom. The summed E-state index contributed by atoms with van der Waals surface area (Å²) in [6.07, 6.45) is 1.55. The number of rotatable bonds is 6. The highest BCUT2D eigenvalue weighted by molar-refractivity contribution is 4.86. The van der Waals surface area contributed by atoms with Crippen molar-refractivity contribution in [1.29, 1.82) is 0 Å². The molecule has 0 aromatic carbocycles. The van der Waals surface area contributed by atoms with Gasteiger partial charge in [-0.3, -0.25) is 9.36 Å². The summed E-state index contributed by atoms with van der Waals surface area (Å²) >= 11 is 0. The molecule has 0 fully saturated rings. The molecule has 1 aromatic rings. The van der Waals surface area contributed by atoms with Gasteiger partial charge in [-0.05, 0) is 19.8 Å². The van der Waals surface area contributed by atoms with E-state index < -0.39 is 0 Å². The summed E-state index contributed by atoms with van der Waals surface area (Å²) in [5.41, 5.74) is -0.465. The van der Waals surface area contributed by atoms with Crippen LogP contribution in [-0.4, -0.2) is 21.7 Å². The molecule has 102 valence electrons. The van der Waals surface area contributed by atoms with E-state index in [1.807, 2.05) is 6.92 Å². The van der Waals surface area contributed by atoms with Crippen LogP contribution in [0.4, 0.5) is 0 Å². The number of hydrogen-bond acceptors (Lipinski definition) is 3. The molecule has 5 nitrogen and oxygen atoms in total. The molecule has 0 spiro atoms. The van der Waals surface area contributed by atoms with Gasteiger partial charge in [-0.15, -0.1) is 0 Å². The van der Waals surface area contributed by atoms with Crippen molar-refractivity contribution >= 4 is 0 Å². The Kier molecular flexibility index (Phi) is 5.34. The fourth-order valence-corrected chi connectivity index (χ4v) is 1.64. The first kappa shape index (κ1) is 14.7. The van der Waals surface area contributed by atoms with Gasteiger partial charge < -0.3 is 9.88 Å². The van der Waals surface area contributed by atoms with E-state index in [4.69, 9.17) is 0 Å². The first-order chi connectivity index (χ1) is 8.47. The average molecular weight is 253 g/mol. The van der Waals surface area contributed by atoms with Crippen LogP contribution in [0.25, 0.3) is 0 Å². The van der Waals surface area contributed by atoms with Crippen molar-refractivity contribution in [2.75, 3.05) is 6.54 Å². The molecule has 0 saturated heterocycles. The summed E-state index contributed by atoms with van der Waals surface area (Å²) in [5.74, 6) is 0.532. The van der Waals surface area contributed by atoms with Gasteiger partial charge in [-0.25, -0.2) is 4.79 Å². The van der Waals surface area contributed by atoms with Crippen molar-refractivity contribution in [2.24, 2.45) is 5.92 Å². The molecule has 0 saturated carbocycles. The number of hydrogen-bond donors (Lipinski definition) is 1. The predicted octanol–water partition coefficient (Wildman–Crippen LogP) is 0.664. The van der Waals surface area contributed by atoms with Crippen LogP contribution in [0.3, 0.4) is 0 Å². The topological polar surface area (TPSA) is 56.0 Å². The maximum atomic E-state index is 11.9. The van der Waals surface area contributed by atoms with Gasteiger partial charge in [0.2, 0.25) is 0 Å². The van der Waals surface area contributed by atoms with E-state index in [0.717, 1.165) is 0 Å². The molecule has 1 atom stereocenters.